The molecule has 0 saturated carbocycles. The van der Waals surface area contributed by atoms with Gasteiger partial charge in [0.1, 0.15) is 28.8 Å². The largest absolute Gasteiger partial charge is 0.508 e. The van der Waals surface area contributed by atoms with E-state index in [4.69, 9.17) is 9.47 Å². The van der Waals surface area contributed by atoms with Crippen LogP contribution < -0.4 is 4.74 Å². The highest BCUT2D eigenvalue weighted by Gasteiger charge is 2.53. The standard InChI is InChI=1S/C25H18O6/c1-13(9-14(2)26)15-3-6-19-18(10-15)24(29)31-25(19)20-7-4-16(27)11-22(20)30-23-12-17(28)5-8-21(23)25/h3-8,10-12,27-28H,1,9H2,2H3. The second-order valence-corrected chi connectivity index (χ2v) is 7.78. The lowest BCUT2D eigenvalue weighted by molar-refractivity contribution is -0.116. The van der Waals surface area contributed by atoms with Gasteiger partial charge in [0, 0.05) is 35.2 Å². The first kappa shape index (κ1) is 18.9. The minimum Gasteiger partial charge on any atom is -0.508 e. The number of Topliss-reactive ketones (excluding diaryl/α,β-unsaturated/α-hetero) is 1. The molecule has 0 bridgehead atoms. The van der Waals surface area contributed by atoms with Crippen molar-refractivity contribution in [3.05, 3.63) is 89.0 Å². The number of ether oxygens (including phenoxy) is 2. The van der Waals surface area contributed by atoms with Crippen molar-refractivity contribution < 1.29 is 29.3 Å². The van der Waals surface area contributed by atoms with Gasteiger partial charge < -0.3 is 19.7 Å². The van der Waals surface area contributed by atoms with E-state index < -0.39 is 11.6 Å². The minimum absolute atomic E-state index is 0.00192. The van der Waals surface area contributed by atoms with Crippen molar-refractivity contribution in [1.82, 2.24) is 0 Å². The lowest BCUT2D eigenvalue weighted by atomic mass is 9.77. The Morgan fingerprint density at radius 2 is 1.52 bits per heavy atom. The molecule has 154 valence electrons. The molecule has 0 aromatic heterocycles. The van der Waals surface area contributed by atoms with Crippen LogP contribution in [0.15, 0.2) is 61.2 Å². The lowest BCUT2D eigenvalue weighted by Gasteiger charge is -2.36. The summed E-state index contributed by atoms with van der Waals surface area (Å²) in [6.07, 6.45) is 0.192. The number of phenolic OH excluding ortho intramolecular Hbond substituents is 2. The van der Waals surface area contributed by atoms with Gasteiger partial charge in [-0.3, -0.25) is 4.79 Å². The summed E-state index contributed by atoms with van der Waals surface area (Å²) in [6.45, 7) is 5.45. The van der Waals surface area contributed by atoms with Crippen LogP contribution in [0.5, 0.6) is 23.0 Å². The number of benzene rings is 3. The summed E-state index contributed by atoms with van der Waals surface area (Å²) in [5, 5.41) is 19.9. The second kappa shape index (κ2) is 6.47. The van der Waals surface area contributed by atoms with Crippen LogP contribution in [-0.2, 0) is 15.1 Å². The predicted molar refractivity (Wildman–Crippen MR) is 112 cm³/mol. The van der Waals surface area contributed by atoms with E-state index in [0.29, 0.717) is 44.9 Å². The summed E-state index contributed by atoms with van der Waals surface area (Å²) in [6, 6.07) is 14.5. The van der Waals surface area contributed by atoms with Crippen LogP contribution in [0.2, 0.25) is 0 Å². The molecule has 5 rings (SSSR count). The molecule has 0 radical (unpaired) electrons. The monoisotopic (exact) mass is 414 g/mol. The van der Waals surface area contributed by atoms with Crippen molar-refractivity contribution in [2.75, 3.05) is 0 Å². The van der Waals surface area contributed by atoms with Gasteiger partial charge in [0.15, 0.2) is 5.60 Å². The molecule has 6 nitrogen and oxygen atoms in total. The number of fused-ring (bicyclic) bond motifs is 6. The number of aromatic hydroxyl groups is 2. The fraction of sp³-hybridized carbons (Fsp3) is 0.120. The third-order valence-electron chi connectivity index (χ3n) is 5.64. The van der Waals surface area contributed by atoms with Crippen LogP contribution in [0.1, 0.15) is 46.0 Å². The number of phenols is 2. The Hall–Kier alpha value is -4.06. The summed E-state index contributed by atoms with van der Waals surface area (Å²) < 4.78 is 11.9. The van der Waals surface area contributed by atoms with Gasteiger partial charge in [-0.15, -0.1) is 0 Å². The molecule has 2 aliphatic heterocycles. The first-order chi connectivity index (χ1) is 14.8. The van der Waals surface area contributed by atoms with E-state index in [2.05, 4.69) is 6.58 Å². The van der Waals surface area contributed by atoms with Gasteiger partial charge in [-0.25, -0.2) is 4.79 Å². The van der Waals surface area contributed by atoms with Crippen molar-refractivity contribution in [1.29, 1.82) is 0 Å². The zero-order valence-electron chi connectivity index (χ0n) is 16.6. The van der Waals surface area contributed by atoms with Gasteiger partial charge in [-0.1, -0.05) is 18.7 Å². The minimum atomic E-state index is -1.29. The van der Waals surface area contributed by atoms with Gasteiger partial charge >= 0.3 is 5.97 Å². The lowest BCUT2D eigenvalue weighted by Crippen LogP contribution is -2.32. The number of rotatable bonds is 3. The molecule has 0 unspecified atom stereocenters. The maximum atomic E-state index is 13.0. The number of esters is 1. The smallest absolute Gasteiger partial charge is 0.340 e. The number of carbonyl (C=O) groups excluding carboxylic acids is 2. The average molecular weight is 414 g/mol. The number of hydrogen-bond donors (Lipinski definition) is 2. The molecular formula is C25H18O6. The third-order valence-corrected chi connectivity index (χ3v) is 5.64. The summed E-state index contributed by atoms with van der Waals surface area (Å²) in [4.78, 5) is 24.5. The van der Waals surface area contributed by atoms with Crippen molar-refractivity contribution >= 4 is 17.3 Å². The number of hydrogen-bond acceptors (Lipinski definition) is 6. The van der Waals surface area contributed by atoms with Gasteiger partial charge in [0.25, 0.3) is 0 Å². The predicted octanol–water partition coefficient (Wildman–Crippen LogP) is 4.66. The van der Waals surface area contributed by atoms with Crippen molar-refractivity contribution in [3.63, 3.8) is 0 Å². The Kier molecular flexibility index (Phi) is 3.95. The van der Waals surface area contributed by atoms with Crippen molar-refractivity contribution in [3.8, 4) is 23.0 Å². The quantitative estimate of drug-likeness (QED) is 0.606. The number of allylic oxidation sites excluding steroid dienone is 1. The molecule has 0 fully saturated rings. The molecule has 0 aliphatic carbocycles. The van der Waals surface area contributed by atoms with Crippen LogP contribution in [-0.4, -0.2) is 22.0 Å². The first-order valence-corrected chi connectivity index (χ1v) is 9.70. The van der Waals surface area contributed by atoms with E-state index in [1.54, 1.807) is 24.3 Å². The fourth-order valence-electron chi connectivity index (χ4n) is 4.33. The first-order valence-electron chi connectivity index (χ1n) is 9.70. The molecule has 3 aromatic rings. The average Bonchev–Trinajstić information content (AvgIpc) is 2.99. The molecule has 3 aromatic carbocycles. The Morgan fingerprint density at radius 3 is 2.10 bits per heavy atom. The van der Waals surface area contributed by atoms with E-state index in [1.807, 2.05) is 6.07 Å². The normalized spacial score (nSPS) is 14.8. The zero-order chi connectivity index (χ0) is 21.9. The van der Waals surface area contributed by atoms with Gasteiger partial charge in [0.2, 0.25) is 0 Å². The molecule has 31 heavy (non-hydrogen) atoms. The number of ketones is 1. The Bertz CT molecular complexity index is 1250. The highest BCUT2D eigenvalue weighted by molar-refractivity contribution is 5.98. The van der Waals surface area contributed by atoms with E-state index in [0.717, 1.165) is 0 Å². The SMILES string of the molecule is C=C(CC(C)=O)c1ccc2c(c1)C(=O)OC21c2ccc(O)cc2Oc2cc(O)ccc21. The van der Waals surface area contributed by atoms with Crippen LogP contribution >= 0.6 is 0 Å². The maximum absolute atomic E-state index is 13.0. The summed E-state index contributed by atoms with van der Waals surface area (Å²) in [7, 11) is 0. The molecule has 0 amide bonds. The van der Waals surface area contributed by atoms with Crippen LogP contribution in [0.4, 0.5) is 0 Å². The van der Waals surface area contributed by atoms with Gasteiger partial charge in [-0.2, -0.15) is 0 Å². The highest BCUT2D eigenvalue weighted by atomic mass is 16.6. The molecule has 2 aliphatic rings. The molecule has 1 spiro atoms. The number of carbonyl (C=O) groups is 2. The topological polar surface area (TPSA) is 93.1 Å². The molecular weight excluding hydrogens is 396 g/mol. The molecule has 2 heterocycles. The molecule has 0 saturated heterocycles. The van der Waals surface area contributed by atoms with Crippen LogP contribution in [0, 0.1) is 0 Å². The molecule has 6 heteroatoms. The van der Waals surface area contributed by atoms with E-state index in [1.165, 1.54) is 31.2 Å². The Balaban J connectivity index is 1.76. The van der Waals surface area contributed by atoms with Gasteiger partial charge in [-0.05, 0) is 48.4 Å². The summed E-state index contributed by atoms with van der Waals surface area (Å²) in [5.41, 5.74) is 2.11. The van der Waals surface area contributed by atoms with E-state index in [-0.39, 0.29) is 23.7 Å². The van der Waals surface area contributed by atoms with Crippen molar-refractivity contribution in [2.24, 2.45) is 0 Å². The van der Waals surface area contributed by atoms with E-state index >= 15 is 0 Å². The molecule has 0 atom stereocenters. The maximum Gasteiger partial charge on any atom is 0.340 e. The zero-order valence-corrected chi connectivity index (χ0v) is 16.6. The third kappa shape index (κ3) is 2.72. The van der Waals surface area contributed by atoms with Gasteiger partial charge in [0.05, 0.1) is 5.56 Å². The second-order valence-electron chi connectivity index (χ2n) is 7.78. The fourth-order valence-corrected chi connectivity index (χ4v) is 4.33. The summed E-state index contributed by atoms with van der Waals surface area (Å²) in [5.74, 6) is 0.104. The Labute approximate surface area is 178 Å². The van der Waals surface area contributed by atoms with Crippen LogP contribution in [0.3, 0.4) is 0 Å². The highest BCUT2D eigenvalue weighted by Crippen LogP contribution is 2.57. The van der Waals surface area contributed by atoms with Crippen molar-refractivity contribution in [2.45, 2.75) is 18.9 Å². The van der Waals surface area contributed by atoms with Crippen LogP contribution in [0.25, 0.3) is 5.57 Å². The van der Waals surface area contributed by atoms with E-state index in [9.17, 15) is 19.8 Å². The Morgan fingerprint density at radius 1 is 0.935 bits per heavy atom. The summed E-state index contributed by atoms with van der Waals surface area (Å²) >= 11 is 0. The molecule has 2 N–H and O–H groups in total.